The molecule has 0 saturated heterocycles. The molecule has 4 rings (SSSR count). The third kappa shape index (κ3) is 5.68. The molecule has 4 N–H and O–H groups in total. The Morgan fingerprint density at radius 3 is 2.62 bits per heavy atom. The van der Waals surface area contributed by atoms with Crippen LogP contribution >= 0.6 is 0 Å². The molecule has 1 amide bonds. The first-order valence-corrected chi connectivity index (χ1v) is 11.8. The van der Waals surface area contributed by atoms with Crippen molar-refractivity contribution in [3.63, 3.8) is 0 Å². The predicted molar refractivity (Wildman–Crippen MR) is 136 cm³/mol. The molecule has 0 unspecified atom stereocenters. The smallest absolute Gasteiger partial charge is 0.251 e. The van der Waals surface area contributed by atoms with Crippen LogP contribution in [0.2, 0.25) is 0 Å². The highest BCUT2D eigenvalue weighted by Crippen LogP contribution is 2.32. The van der Waals surface area contributed by atoms with Crippen LogP contribution in [0.15, 0.2) is 48.9 Å². The lowest BCUT2D eigenvalue weighted by atomic mass is 10.0. The van der Waals surface area contributed by atoms with Crippen molar-refractivity contribution in [2.45, 2.75) is 13.3 Å². The van der Waals surface area contributed by atoms with Crippen molar-refractivity contribution in [3.05, 3.63) is 71.7 Å². The molecule has 0 saturated carbocycles. The minimum Gasteiger partial charge on any atom is -0.497 e. The summed E-state index contributed by atoms with van der Waals surface area (Å²) in [4.78, 5) is 21.3. The van der Waals surface area contributed by atoms with E-state index in [4.69, 9.17) is 15.2 Å². The molecular weight excluding hydrogens is 482 g/mol. The zero-order chi connectivity index (χ0) is 26.4. The zero-order valence-corrected chi connectivity index (χ0v) is 20.6. The van der Waals surface area contributed by atoms with Crippen molar-refractivity contribution in [2.75, 3.05) is 38.7 Å². The molecule has 4 aromatic rings. The summed E-state index contributed by atoms with van der Waals surface area (Å²) in [5, 5.41) is 6.04. The van der Waals surface area contributed by atoms with E-state index in [1.807, 2.05) is 13.0 Å². The number of halogens is 2. The number of carbonyl (C=O) groups excluding carboxylic acids is 1. The number of carbonyl (C=O) groups is 1. The SMILES string of the molecule is CCc1cc(Nc2nccn3c(-c4c(F)cc(OC)cc4F)cnc23)ccc1C(=O)NCCOCCN. The maximum Gasteiger partial charge on any atom is 0.251 e. The Labute approximate surface area is 212 Å². The van der Waals surface area contributed by atoms with Gasteiger partial charge in [-0.3, -0.25) is 9.20 Å². The van der Waals surface area contributed by atoms with Gasteiger partial charge < -0.3 is 25.8 Å². The molecule has 0 spiro atoms. The number of rotatable bonds is 11. The van der Waals surface area contributed by atoms with Crippen molar-refractivity contribution >= 4 is 23.1 Å². The van der Waals surface area contributed by atoms with Crippen LogP contribution in [0.3, 0.4) is 0 Å². The van der Waals surface area contributed by atoms with Gasteiger partial charge in [-0.05, 0) is 30.2 Å². The molecule has 11 heteroatoms. The van der Waals surface area contributed by atoms with Crippen molar-refractivity contribution in [1.82, 2.24) is 19.7 Å². The van der Waals surface area contributed by atoms with Crippen LogP contribution in [0.4, 0.5) is 20.3 Å². The van der Waals surface area contributed by atoms with Crippen molar-refractivity contribution in [2.24, 2.45) is 5.73 Å². The highest BCUT2D eigenvalue weighted by Gasteiger charge is 2.19. The Balaban J connectivity index is 1.58. The molecule has 194 valence electrons. The lowest BCUT2D eigenvalue weighted by molar-refractivity contribution is 0.0919. The molecule has 2 heterocycles. The summed E-state index contributed by atoms with van der Waals surface area (Å²) < 4.78 is 41.2. The Hall–Kier alpha value is -4.09. The van der Waals surface area contributed by atoms with Crippen molar-refractivity contribution < 1.29 is 23.0 Å². The van der Waals surface area contributed by atoms with Crippen LogP contribution in [0.5, 0.6) is 5.75 Å². The average molecular weight is 511 g/mol. The third-order valence-electron chi connectivity index (χ3n) is 5.72. The number of anilines is 2. The minimum absolute atomic E-state index is 0.0837. The van der Waals surface area contributed by atoms with Crippen LogP contribution < -0.4 is 21.1 Å². The van der Waals surface area contributed by atoms with Gasteiger partial charge >= 0.3 is 0 Å². The number of hydrogen-bond acceptors (Lipinski definition) is 7. The van der Waals surface area contributed by atoms with Crippen LogP contribution in [0, 0.1) is 11.6 Å². The van der Waals surface area contributed by atoms with E-state index in [0.717, 1.165) is 17.7 Å². The molecule has 37 heavy (non-hydrogen) atoms. The van der Waals surface area contributed by atoms with E-state index < -0.39 is 11.6 Å². The van der Waals surface area contributed by atoms with Crippen LogP contribution in [-0.2, 0) is 11.2 Å². The number of benzene rings is 2. The number of methoxy groups -OCH3 is 1. The van der Waals surface area contributed by atoms with E-state index >= 15 is 0 Å². The number of nitrogens with one attached hydrogen (secondary N) is 2. The van der Waals surface area contributed by atoms with E-state index in [1.54, 1.807) is 22.7 Å². The van der Waals surface area contributed by atoms with Gasteiger partial charge in [0.25, 0.3) is 5.91 Å². The maximum atomic E-state index is 14.7. The van der Waals surface area contributed by atoms with Gasteiger partial charge in [-0.15, -0.1) is 0 Å². The molecule has 0 aliphatic carbocycles. The first-order valence-electron chi connectivity index (χ1n) is 11.8. The summed E-state index contributed by atoms with van der Waals surface area (Å²) in [6, 6.07) is 7.59. The zero-order valence-electron chi connectivity index (χ0n) is 20.6. The second kappa shape index (κ2) is 11.8. The van der Waals surface area contributed by atoms with Gasteiger partial charge in [0.2, 0.25) is 0 Å². The highest BCUT2D eigenvalue weighted by atomic mass is 19.1. The van der Waals surface area contributed by atoms with E-state index in [2.05, 4.69) is 20.6 Å². The molecular formula is C26H28F2N6O3. The van der Waals surface area contributed by atoms with Crippen LogP contribution in [-0.4, -0.2) is 53.7 Å². The van der Waals surface area contributed by atoms with Crippen molar-refractivity contribution in [1.29, 1.82) is 0 Å². The minimum atomic E-state index is -0.766. The fraction of sp³-hybridized carbons (Fsp3) is 0.269. The van der Waals surface area contributed by atoms with E-state index in [-0.39, 0.29) is 22.9 Å². The number of nitrogens with zero attached hydrogens (tertiary/aromatic N) is 3. The molecule has 0 radical (unpaired) electrons. The fourth-order valence-corrected chi connectivity index (χ4v) is 3.94. The lowest BCUT2D eigenvalue weighted by Gasteiger charge is -2.13. The molecule has 2 aromatic carbocycles. The number of aromatic nitrogens is 3. The number of amides is 1. The number of ether oxygens (including phenoxy) is 2. The van der Waals surface area contributed by atoms with Crippen molar-refractivity contribution in [3.8, 4) is 17.0 Å². The normalized spacial score (nSPS) is 11.1. The maximum absolute atomic E-state index is 14.7. The summed E-state index contributed by atoms with van der Waals surface area (Å²) in [7, 11) is 1.34. The Kier molecular flexibility index (Phi) is 8.26. The predicted octanol–water partition coefficient (Wildman–Crippen LogP) is 3.69. The Morgan fingerprint density at radius 1 is 1.14 bits per heavy atom. The monoisotopic (exact) mass is 510 g/mol. The Morgan fingerprint density at radius 2 is 1.92 bits per heavy atom. The third-order valence-corrected chi connectivity index (χ3v) is 5.72. The van der Waals surface area contributed by atoms with Gasteiger partial charge in [-0.25, -0.2) is 18.7 Å². The summed E-state index contributed by atoms with van der Waals surface area (Å²) in [6.45, 7) is 3.60. The van der Waals surface area contributed by atoms with Gasteiger partial charge in [0.1, 0.15) is 17.4 Å². The summed E-state index contributed by atoms with van der Waals surface area (Å²) in [5.74, 6) is -1.25. The van der Waals surface area contributed by atoms with E-state index in [0.29, 0.717) is 55.4 Å². The Bertz CT molecular complexity index is 1390. The number of fused-ring (bicyclic) bond motifs is 1. The molecule has 0 aliphatic rings. The largest absolute Gasteiger partial charge is 0.497 e. The number of aryl methyl sites for hydroxylation is 1. The summed E-state index contributed by atoms with van der Waals surface area (Å²) in [5.41, 5.74) is 7.86. The molecule has 0 atom stereocenters. The quantitative estimate of drug-likeness (QED) is 0.264. The van der Waals surface area contributed by atoms with Gasteiger partial charge in [0.15, 0.2) is 11.5 Å². The van der Waals surface area contributed by atoms with Gasteiger partial charge in [0, 0.05) is 48.9 Å². The molecule has 0 bridgehead atoms. The number of imidazole rings is 1. The van der Waals surface area contributed by atoms with Crippen LogP contribution in [0.25, 0.3) is 16.9 Å². The first kappa shape index (κ1) is 26.0. The topological polar surface area (TPSA) is 116 Å². The second-order valence-corrected chi connectivity index (χ2v) is 8.09. The fourth-order valence-electron chi connectivity index (χ4n) is 3.94. The van der Waals surface area contributed by atoms with Gasteiger partial charge in [0.05, 0.1) is 37.8 Å². The molecule has 2 aromatic heterocycles. The molecule has 0 aliphatic heterocycles. The standard InChI is InChI=1S/C26H28F2N6O3/c1-3-16-12-17(4-5-19(16)26(35)31-8-11-37-10-6-29)33-24-25-32-15-22(34(25)9-7-30-24)23-20(27)13-18(36-2)14-21(23)28/h4-5,7,9,12-15H,3,6,8,10-11,29H2,1-2H3,(H,30,33)(H,31,35). The van der Waals surface area contributed by atoms with Gasteiger partial charge in [-0.2, -0.15) is 0 Å². The number of hydrogen-bond donors (Lipinski definition) is 3. The lowest BCUT2D eigenvalue weighted by Crippen LogP contribution is -2.28. The molecule has 0 fully saturated rings. The second-order valence-electron chi connectivity index (χ2n) is 8.09. The average Bonchev–Trinajstić information content (AvgIpc) is 3.32. The molecule has 9 nitrogen and oxygen atoms in total. The highest BCUT2D eigenvalue weighted by molar-refractivity contribution is 5.96. The van der Waals surface area contributed by atoms with E-state index in [1.165, 1.54) is 19.5 Å². The number of nitrogens with two attached hydrogens (primary N) is 1. The first-order chi connectivity index (χ1) is 18.0. The summed E-state index contributed by atoms with van der Waals surface area (Å²) >= 11 is 0. The van der Waals surface area contributed by atoms with Crippen LogP contribution in [0.1, 0.15) is 22.8 Å². The summed E-state index contributed by atoms with van der Waals surface area (Å²) in [6.07, 6.45) is 5.10. The van der Waals surface area contributed by atoms with Gasteiger partial charge in [-0.1, -0.05) is 6.92 Å². The van der Waals surface area contributed by atoms with E-state index in [9.17, 15) is 13.6 Å².